The van der Waals surface area contributed by atoms with Gasteiger partial charge in [-0.15, -0.1) is 0 Å². The predicted octanol–water partition coefficient (Wildman–Crippen LogP) is 2.38. The van der Waals surface area contributed by atoms with Gasteiger partial charge in [-0.25, -0.2) is 4.79 Å². The summed E-state index contributed by atoms with van der Waals surface area (Å²) < 4.78 is 5.58. The molecule has 0 aliphatic heterocycles. The van der Waals surface area contributed by atoms with Crippen molar-refractivity contribution in [3.63, 3.8) is 0 Å². The molecule has 0 fully saturated rings. The molecule has 0 heterocycles. The van der Waals surface area contributed by atoms with Crippen LogP contribution in [-0.2, 0) is 9.53 Å². The largest absolute Gasteiger partial charge is 0.461 e. The number of nitrogens with two attached hydrogens (primary N) is 1. The number of carbonyl (C=O) groups is 1. The number of hydrogen-bond acceptors (Lipinski definition) is 5. The highest BCUT2D eigenvalue weighted by atomic mass is 79.9. The highest BCUT2D eigenvalue weighted by Gasteiger charge is 2.06. The molecule has 1 aromatic rings. The van der Waals surface area contributed by atoms with Gasteiger partial charge in [-0.3, -0.25) is 5.43 Å². The molecule has 0 aromatic heterocycles. The van der Waals surface area contributed by atoms with Crippen LogP contribution in [0.3, 0.4) is 0 Å². The molecule has 0 radical (unpaired) electrons. The summed E-state index contributed by atoms with van der Waals surface area (Å²) in [6.07, 6.45) is 0. The number of esters is 1. The molecule has 0 bridgehead atoms. The summed E-state index contributed by atoms with van der Waals surface area (Å²) in [5.41, 5.74) is 10.00. The number of nitrogen functional groups attached to an aromatic ring is 1. The van der Waals surface area contributed by atoms with Gasteiger partial charge in [0.2, 0.25) is 0 Å². The Kier molecular flexibility index (Phi) is 4.96. The van der Waals surface area contributed by atoms with Gasteiger partial charge in [0.1, 0.15) is 5.71 Å². The van der Waals surface area contributed by atoms with E-state index in [0.717, 1.165) is 10.2 Å². The zero-order chi connectivity index (χ0) is 12.8. The van der Waals surface area contributed by atoms with Crippen molar-refractivity contribution in [2.24, 2.45) is 5.10 Å². The fourth-order valence-electron chi connectivity index (χ4n) is 1.05. The summed E-state index contributed by atoms with van der Waals surface area (Å²) in [5.74, 6) is -0.438. The Labute approximate surface area is 108 Å². The number of ether oxygens (including phenoxy) is 1. The lowest BCUT2D eigenvalue weighted by molar-refractivity contribution is -0.135. The van der Waals surface area contributed by atoms with Crippen LogP contribution >= 0.6 is 15.9 Å². The first-order valence-corrected chi connectivity index (χ1v) is 5.86. The van der Waals surface area contributed by atoms with Crippen molar-refractivity contribution in [1.82, 2.24) is 0 Å². The van der Waals surface area contributed by atoms with E-state index in [-0.39, 0.29) is 5.71 Å². The van der Waals surface area contributed by atoms with E-state index in [9.17, 15) is 4.79 Å². The summed E-state index contributed by atoms with van der Waals surface area (Å²) in [7, 11) is 0. The molecule has 0 aliphatic rings. The maximum atomic E-state index is 11.3. The average molecular weight is 300 g/mol. The smallest absolute Gasteiger partial charge is 0.354 e. The predicted molar refractivity (Wildman–Crippen MR) is 71.9 cm³/mol. The molecule has 0 unspecified atom stereocenters. The fraction of sp³-hybridized carbons (Fsp3) is 0.273. The second-order valence-corrected chi connectivity index (χ2v) is 4.12. The van der Waals surface area contributed by atoms with Gasteiger partial charge in [-0.2, -0.15) is 5.10 Å². The Morgan fingerprint density at radius 2 is 2.29 bits per heavy atom. The third-order valence-corrected chi connectivity index (χ3v) is 2.56. The Morgan fingerprint density at radius 1 is 1.59 bits per heavy atom. The number of carbonyl (C=O) groups excluding carboxylic acids is 1. The molecule has 0 saturated carbocycles. The fourth-order valence-corrected chi connectivity index (χ4v) is 1.53. The normalized spacial score (nSPS) is 11.1. The molecule has 5 nitrogen and oxygen atoms in total. The van der Waals surface area contributed by atoms with Gasteiger partial charge in [0.05, 0.1) is 12.3 Å². The maximum absolute atomic E-state index is 11.3. The van der Waals surface area contributed by atoms with Gasteiger partial charge in [0.25, 0.3) is 0 Å². The summed E-state index contributed by atoms with van der Waals surface area (Å²) in [6.45, 7) is 3.66. The van der Waals surface area contributed by atoms with Crippen molar-refractivity contribution in [3.05, 3.63) is 22.7 Å². The summed E-state index contributed by atoms with van der Waals surface area (Å²) in [6, 6.07) is 5.25. The van der Waals surface area contributed by atoms with E-state index in [1.807, 2.05) is 0 Å². The minimum Gasteiger partial charge on any atom is -0.461 e. The molecule has 17 heavy (non-hydrogen) atoms. The van der Waals surface area contributed by atoms with E-state index in [4.69, 9.17) is 10.5 Å². The van der Waals surface area contributed by atoms with Crippen molar-refractivity contribution in [2.45, 2.75) is 13.8 Å². The number of rotatable bonds is 4. The first-order valence-electron chi connectivity index (χ1n) is 5.07. The molecular weight excluding hydrogens is 286 g/mol. The number of nitrogens with zero attached hydrogens (tertiary/aromatic N) is 1. The molecule has 0 saturated heterocycles. The molecule has 1 rings (SSSR count). The molecule has 0 amide bonds. The Balaban J connectivity index is 2.72. The van der Waals surface area contributed by atoms with Gasteiger partial charge in [0, 0.05) is 10.2 Å². The van der Waals surface area contributed by atoms with Gasteiger partial charge in [0.15, 0.2) is 0 Å². The van der Waals surface area contributed by atoms with Crippen LogP contribution in [-0.4, -0.2) is 18.3 Å². The van der Waals surface area contributed by atoms with Gasteiger partial charge < -0.3 is 10.5 Å². The van der Waals surface area contributed by atoms with Crippen LogP contribution in [0.15, 0.2) is 27.8 Å². The van der Waals surface area contributed by atoms with Crippen LogP contribution in [0.2, 0.25) is 0 Å². The van der Waals surface area contributed by atoms with Gasteiger partial charge in [-0.05, 0) is 48.0 Å². The van der Waals surface area contributed by atoms with E-state index in [1.165, 1.54) is 0 Å². The van der Waals surface area contributed by atoms with Crippen LogP contribution in [0.25, 0.3) is 0 Å². The number of nitrogens with one attached hydrogen (secondary N) is 1. The second kappa shape index (κ2) is 6.24. The molecule has 6 heteroatoms. The van der Waals surface area contributed by atoms with Gasteiger partial charge in [-0.1, -0.05) is 0 Å². The number of anilines is 2. The monoisotopic (exact) mass is 299 g/mol. The summed E-state index contributed by atoms with van der Waals surface area (Å²) >= 11 is 3.34. The van der Waals surface area contributed by atoms with E-state index in [0.29, 0.717) is 12.3 Å². The van der Waals surface area contributed by atoms with Crippen LogP contribution in [0, 0.1) is 0 Å². The molecular formula is C11H14BrN3O2. The average Bonchev–Trinajstić information content (AvgIpc) is 2.27. The lowest BCUT2D eigenvalue weighted by Gasteiger charge is -2.05. The number of hydrazone groups is 1. The van der Waals surface area contributed by atoms with Crippen molar-refractivity contribution in [2.75, 3.05) is 17.8 Å². The van der Waals surface area contributed by atoms with Gasteiger partial charge >= 0.3 is 5.97 Å². The topological polar surface area (TPSA) is 76.7 Å². The van der Waals surface area contributed by atoms with E-state index < -0.39 is 5.97 Å². The minimum atomic E-state index is -0.438. The Morgan fingerprint density at radius 3 is 2.88 bits per heavy atom. The highest BCUT2D eigenvalue weighted by molar-refractivity contribution is 9.10. The van der Waals surface area contributed by atoms with E-state index >= 15 is 0 Å². The molecule has 92 valence electrons. The van der Waals surface area contributed by atoms with E-state index in [1.54, 1.807) is 32.0 Å². The van der Waals surface area contributed by atoms with Crippen molar-refractivity contribution in [1.29, 1.82) is 0 Å². The van der Waals surface area contributed by atoms with Crippen LogP contribution in [0.1, 0.15) is 13.8 Å². The number of hydrogen-bond donors (Lipinski definition) is 2. The standard InChI is InChI=1S/C11H14BrN3O2/c1-3-17-11(16)7(2)14-15-10-5-4-8(13)6-9(10)12/h4-6,15H,3,13H2,1-2H3. The maximum Gasteiger partial charge on any atom is 0.354 e. The highest BCUT2D eigenvalue weighted by Crippen LogP contribution is 2.24. The molecule has 3 N–H and O–H groups in total. The van der Waals surface area contributed by atoms with Crippen LogP contribution in [0.5, 0.6) is 0 Å². The third kappa shape index (κ3) is 4.07. The zero-order valence-electron chi connectivity index (χ0n) is 9.66. The second-order valence-electron chi connectivity index (χ2n) is 3.27. The quantitative estimate of drug-likeness (QED) is 0.387. The molecule has 1 aromatic carbocycles. The van der Waals surface area contributed by atoms with Crippen molar-refractivity contribution < 1.29 is 9.53 Å². The molecule has 0 spiro atoms. The van der Waals surface area contributed by atoms with E-state index in [2.05, 4.69) is 26.5 Å². The Hall–Kier alpha value is -1.56. The first-order chi connectivity index (χ1) is 8.04. The molecule has 0 aliphatic carbocycles. The number of benzene rings is 1. The summed E-state index contributed by atoms with van der Waals surface area (Å²) in [5, 5.41) is 3.92. The van der Waals surface area contributed by atoms with Crippen molar-refractivity contribution >= 4 is 39.0 Å². The lowest BCUT2D eigenvalue weighted by atomic mass is 10.3. The summed E-state index contributed by atoms with van der Waals surface area (Å²) in [4.78, 5) is 11.3. The Bertz CT molecular complexity index is 446. The van der Waals surface area contributed by atoms with Crippen LogP contribution < -0.4 is 11.2 Å². The minimum absolute atomic E-state index is 0.260. The molecule has 0 atom stereocenters. The van der Waals surface area contributed by atoms with Crippen molar-refractivity contribution in [3.8, 4) is 0 Å². The third-order valence-electron chi connectivity index (χ3n) is 1.91. The SMILES string of the molecule is CCOC(=O)C(C)=NNc1ccc(N)cc1Br. The van der Waals surface area contributed by atoms with Crippen LogP contribution in [0.4, 0.5) is 11.4 Å². The zero-order valence-corrected chi connectivity index (χ0v) is 11.2. The lowest BCUT2D eigenvalue weighted by Crippen LogP contribution is -2.15. The number of halogens is 1. The first kappa shape index (κ1) is 13.5.